The molecular weight excluding hydrogens is 671 g/mol. The molecule has 49 heavy (non-hydrogen) atoms. The van der Waals surface area contributed by atoms with Crippen LogP contribution in [-0.4, -0.2) is 56.8 Å². The van der Waals surface area contributed by atoms with E-state index >= 15 is 4.39 Å². The number of piperidine rings is 1. The van der Waals surface area contributed by atoms with Crippen molar-refractivity contribution < 1.29 is 44.6 Å². The van der Waals surface area contributed by atoms with Gasteiger partial charge >= 0.3 is 6.18 Å². The quantitative estimate of drug-likeness (QED) is 0.172. The maximum absolute atomic E-state index is 16.2. The van der Waals surface area contributed by atoms with Crippen molar-refractivity contribution in [2.24, 2.45) is 5.92 Å². The summed E-state index contributed by atoms with van der Waals surface area (Å²) in [5, 5.41) is 0. The minimum Gasteiger partial charge on any atom is -0.497 e. The molecule has 2 aliphatic rings. The van der Waals surface area contributed by atoms with Gasteiger partial charge in [0.15, 0.2) is 0 Å². The number of methoxy groups -OCH3 is 2. The maximum Gasteiger partial charge on any atom is 0.391 e. The zero-order chi connectivity index (χ0) is 34.9. The molecular formula is C34H33F5N4O5S. The van der Waals surface area contributed by atoms with Gasteiger partial charge in [0.05, 0.1) is 33.3 Å². The van der Waals surface area contributed by atoms with E-state index in [1.54, 1.807) is 18.2 Å². The summed E-state index contributed by atoms with van der Waals surface area (Å²) in [5.74, 6) is -2.52. The molecule has 4 aromatic rings. The lowest BCUT2D eigenvalue weighted by molar-refractivity contribution is -0.192. The number of aromatic nitrogens is 2. The van der Waals surface area contributed by atoms with Crippen molar-refractivity contribution in [2.45, 2.75) is 49.0 Å². The second-order valence-electron chi connectivity index (χ2n) is 11.8. The van der Waals surface area contributed by atoms with Gasteiger partial charge < -0.3 is 14.2 Å². The molecule has 9 nitrogen and oxygen atoms in total. The van der Waals surface area contributed by atoms with Crippen molar-refractivity contribution in [1.29, 1.82) is 0 Å². The summed E-state index contributed by atoms with van der Waals surface area (Å²) < 4.78 is 118. The van der Waals surface area contributed by atoms with Crippen LogP contribution in [0.5, 0.6) is 17.2 Å². The molecule has 1 aromatic heterocycles. The van der Waals surface area contributed by atoms with E-state index in [1.807, 2.05) is 4.90 Å². The topological polar surface area (TPSA) is 94.1 Å². The van der Waals surface area contributed by atoms with Gasteiger partial charge in [-0.05, 0) is 61.3 Å². The van der Waals surface area contributed by atoms with Crippen LogP contribution >= 0.6 is 0 Å². The smallest absolute Gasteiger partial charge is 0.391 e. The minimum absolute atomic E-state index is 0.0286. The molecule has 0 N–H and O–H groups in total. The number of fused-ring (bicyclic) bond motifs is 1. The average molecular weight is 705 g/mol. The van der Waals surface area contributed by atoms with Gasteiger partial charge in [-0.25, -0.2) is 31.5 Å². The first-order chi connectivity index (χ1) is 23.4. The van der Waals surface area contributed by atoms with Gasteiger partial charge in [0, 0.05) is 54.2 Å². The summed E-state index contributed by atoms with van der Waals surface area (Å²) in [7, 11) is -1.80. The first kappa shape index (κ1) is 34.4. The van der Waals surface area contributed by atoms with Crippen LogP contribution in [0.15, 0.2) is 78.0 Å². The molecule has 0 aliphatic carbocycles. The van der Waals surface area contributed by atoms with Crippen molar-refractivity contribution >= 4 is 16.0 Å². The molecule has 0 radical (unpaired) electrons. The van der Waals surface area contributed by atoms with Crippen LogP contribution in [0.4, 0.5) is 27.9 Å². The molecule has 0 spiro atoms. The molecule has 1 saturated heterocycles. The molecule has 0 bridgehead atoms. The highest BCUT2D eigenvalue weighted by Gasteiger charge is 2.47. The molecule has 2 aliphatic heterocycles. The van der Waals surface area contributed by atoms with E-state index in [-0.39, 0.29) is 44.2 Å². The zero-order valence-corrected chi connectivity index (χ0v) is 27.3. The van der Waals surface area contributed by atoms with Gasteiger partial charge in [-0.2, -0.15) is 13.2 Å². The molecule has 0 saturated carbocycles. The third kappa shape index (κ3) is 6.99. The Labute approximate surface area is 280 Å². The van der Waals surface area contributed by atoms with Gasteiger partial charge in [0.2, 0.25) is 5.95 Å². The highest BCUT2D eigenvalue weighted by Crippen LogP contribution is 2.49. The summed E-state index contributed by atoms with van der Waals surface area (Å²) in [6.07, 6.45) is -1.84. The van der Waals surface area contributed by atoms with Gasteiger partial charge in [-0.3, -0.25) is 4.90 Å². The third-order valence-electron chi connectivity index (χ3n) is 8.99. The van der Waals surface area contributed by atoms with Crippen LogP contribution < -0.4 is 18.5 Å². The van der Waals surface area contributed by atoms with E-state index in [2.05, 4.69) is 9.97 Å². The monoisotopic (exact) mass is 704 g/mol. The molecule has 0 unspecified atom stereocenters. The fourth-order valence-corrected chi connectivity index (χ4v) is 7.94. The van der Waals surface area contributed by atoms with Crippen LogP contribution in [-0.2, 0) is 16.6 Å². The molecule has 6 rings (SSSR count). The van der Waals surface area contributed by atoms with Crippen molar-refractivity contribution in [3.63, 3.8) is 0 Å². The highest BCUT2D eigenvalue weighted by molar-refractivity contribution is 7.92. The molecule has 0 amide bonds. The fourth-order valence-electron chi connectivity index (χ4n) is 6.52. The van der Waals surface area contributed by atoms with Crippen LogP contribution in [0, 0.1) is 17.6 Å². The van der Waals surface area contributed by atoms with Gasteiger partial charge in [-0.1, -0.05) is 12.1 Å². The number of halogens is 5. The zero-order valence-electron chi connectivity index (χ0n) is 26.5. The van der Waals surface area contributed by atoms with E-state index in [0.29, 0.717) is 34.6 Å². The maximum atomic E-state index is 16.2. The largest absolute Gasteiger partial charge is 0.497 e. The lowest BCUT2D eigenvalue weighted by atomic mass is 9.84. The minimum atomic E-state index is -4.69. The molecule has 3 heterocycles. The standard InChI is InChI=1S/C34H33F5N4O5S/c1-46-25-9-6-22(30(17-25)47-2)20-43(33-40-12-3-13-41-33)49(44,45)32-19-31-26(18-27(32)36)28(11-15-48-31)42-14-10-23(34(37,38)39)16-29(42)21-4-7-24(35)8-5-21/h3-9,12-13,17-19,23,28-29H,10-11,14-16,20H2,1-2H3/t23-,28-,29+/m0/s1. The summed E-state index contributed by atoms with van der Waals surface area (Å²) in [4.78, 5) is 9.39. The highest BCUT2D eigenvalue weighted by atomic mass is 32.2. The predicted octanol–water partition coefficient (Wildman–Crippen LogP) is 7.01. The number of sulfonamides is 1. The Kier molecular flexibility index (Phi) is 9.67. The average Bonchev–Trinajstić information content (AvgIpc) is 3.10. The summed E-state index contributed by atoms with van der Waals surface area (Å²) in [5.41, 5.74) is 1.22. The lowest BCUT2D eigenvalue weighted by Gasteiger charge is -2.46. The predicted molar refractivity (Wildman–Crippen MR) is 169 cm³/mol. The van der Waals surface area contributed by atoms with E-state index < -0.39 is 50.7 Å². The Balaban J connectivity index is 1.38. The normalized spacial score (nSPS) is 19.9. The first-order valence-electron chi connectivity index (χ1n) is 15.5. The second-order valence-corrected chi connectivity index (χ2v) is 13.6. The SMILES string of the molecule is COc1ccc(CN(c2ncccn2)S(=O)(=O)c2cc3c(cc2F)[C@@H](N2CC[C@H](C(F)(F)F)C[C@@H]2c2ccc(F)cc2)CCO3)c(OC)c1. The Bertz CT molecular complexity index is 1900. The van der Waals surface area contributed by atoms with Crippen molar-refractivity contribution in [1.82, 2.24) is 14.9 Å². The number of rotatable bonds is 9. The van der Waals surface area contributed by atoms with Crippen molar-refractivity contribution in [3.05, 3.63) is 101 Å². The summed E-state index contributed by atoms with van der Waals surface area (Å²) in [6.45, 7) is -0.194. The van der Waals surface area contributed by atoms with E-state index in [1.165, 1.54) is 56.9 Å². The fraction of sp³-hybridized carbons (Fsp3) is 0.353. The van der Waals surface area contributed by atoms with Crippen molar-refractivity contribution in [3.8, 4) is 17.2 Å². The first-order valence-corrected chi connectivity index (χ1v) is 16.9. The third-order valence-corrected chi connectivity index (χ3v) is 10.7. The Morgan fingerprint density at radius 1 is 0.959 bits per heavy atom. The molecule has 3 aromatic carbocycles. The number of nitrogens with zero attached hydrogens (tertiary/aromatic N) is 4. The number of benzene rings is 3. The van der Waals surface area contributed by atoms with Crippen LogP contribution in [0.1, 0.15) is 48.0 Å². The van der Waals surface area contributed by atoms with Gasteiger partial charge in [-0.15, -0.1) is 0 Å². The Morgan fingerprint density at radius 3 is 2.37 bits per heavy atom. The molecule has 15 heteroatoms. The number of hydrogen-bond donors (Lipinski definition) is 0. The lowest BCUT2D eigenvalue weighted by Crippen LogP contribution is -2.44. The molecule has 1 fully saturated rings. The second kappa shape index (κ2) is 13.8. The van der Waals surface area contributed by atoms with Crippen molar-refractivity contribution in [2.75, 3.05) is 31.7 Å². The number of likely N-dealkylation sites (tertiary alicyclic amines) is 1. The summed E-state index contributed by atoms with van der Waals surface area (Å²) in [6, 6.07) is 12.4. The number of ether oxygens (including phenoxy) is 3. The molecule has 3 atom stereocenters. The van der Waals surface area contributed by atoms with E-state index in [0.717, 1.165) is 16.4 Å². The van der Waals surface area contributed by atoms with E-state index in [9.17, 15) is 26.0 Å². The number of hydrogen-bond acceptors (Lipinski definition) is 8. The summed E-state index contributed by atoms with van der Waals surface area (Å²) >= 11 is 0. The Hall–Kier alpha value is -4.50. The van der Waals surface area contributed by atoms with Crippen LogP contribution in [0.3, 0.4) is 0 Å². The molecule has 260 valence electrons. The van der Waals surface area contributed by atoms with Crippen LogP contribution in [0.2, 0.25) is 0 Å². The number of alkyl halides is 3. The van der Waals surface area contributed by atoms with Gasteiger partial charge in [0.1, 0.15) is 33.8 Å². The van der Waals surface area contributed by atoms with E-state index in [4.69, 9.17) is 14.2 Å². The van der Waals surface area contributed by atoms with Crippen LogP contribution in [0.25, 0.3) is 0 Å². The number of anilines is 1. The van der Waals surface area contributed by atoms with Gasteiger partial charge in [0.25, 0.3) is 10.0 Å². The Morgan fingerprint density at radius 2 is 1.69 bits per heavy atom.